The van der Waals surface area contributed by atoms with E-state index in [0.29, 0.717) is 18.9 Å². The maximum atomic E-state index is 12.8. The Labute approximate surface area is 164 Å². The van der Waals surface area contributed by atoms with Crippen LogP contribution < -0.4 is 14.4 Å². The molecule has 1 fully saturated rings. The van der Waals surface area contributed by atoms with Gasteiger partial charge in [0.15, 0.2) is 0 Å². The highest BCUT2D eigenvalue weighted by Crippen LogP contribution is 2.26. The van der Waals surface area contributed by atoms with E-state index in [2.05, 4.69) is 9.62 Å². The first-order valence-electron chi connectivity index (χ1n) is 9.08. The number of fused-ring (bicyclic) bond motifs is 1. The van der Waals surface area contributed by atoms with E-state index in [1.807, 2.05) is 30.3 Å². The predicted octanol–water partition coefficient (Wildman–Crippen LogP) is 3.49. The van der Waals surface area contributed by atoms with Crippen molar-refractivity contribution in [2.75, 3.05) is 43.0 Å². The van der Waals surface area contributed by atoms with Crippen LogP contribution in [0.4, 0.5) is 11.4 Å². The molecule has 6 nitrogen and oxygen atoms in total. The lowest BCUT2D eigenvalue weighted by Gasteiger charge is -2.28. The molecule has 0 aliphatic carbocycles. The molecule has 4 rings (SSSR count). The Morgan fingerprint density at radius 1 is 0.929 bits per heavy atom. The van der Waals surface area contributed by atoms with Crippen LogP contribution in [0.1, 0.15) is 0 Å². The lowest BCUT2D eigenvalue weighted by Crippen LogP contribution is -2.36. The second-order valence-electron chi connectivity index (χ2n) is 6.63. The molecule has 0 atom stereocenters. The molecule has 0 radical (unpaired) electrons. The van der Waals surface area contributed by atoms with Gasteiger partial charge in [0.2, 0.25) is 0 Å². The minimum absolute atomic E-state index is 0.224. The summed E-state index contributed by atoms with van der Waals surface area (Å²) in [5.41, 5.74) is 1.60. The van der Waals surface area contributed by atoms with Gasteiger partial charge >= 0.3 is 0 Å². The molecule has 1 aliphatic heterocycles. The van der Waals surface area contributed by atoms with Crippen molar-refractivity contribution in [2.45, 2.75) is 4.90 Å². The van der Waals surface area contributed by atoms with Crippen LogP contribution in [0, 0.1) is 0 Å². The molecule has 1 saturated heterocycles. The first-order chi connectivity index (χ1) is 13.5. The standard InChI is InChI=1S/C21H22N2O4S/c1-26-20-8-2-17-15-21(9-3-16(17)14-20)28(24,25)22-18-4-6-19(7-5-18)23-10-12-27-13-11-23/h2-9,14-15,22H,10-13H2,1H3. The van der Waals surface area contributed by atoms with Crippen LogP contribution in [0.5, 0.6) is 5.75 Å². The summed E-state index contributed by atoms with van der Waals surface area (Å²) < 4.78 is 38.8. The third-order valence-electron chi connectivity index (χ3n) is 4.82. The van der Waals surface area contributed by atoms with Crippen LogP contribution in [0.15, 0.2) is 65.6 Å². The van der Waals surface area contributed by atoms with Crippen molar-refractivity contribution in [3.05, 3.63) is 60.7 Å². The molecule has 7 heteroatoms. The first-order valence-corrected chi connectivity index (χ1v) is 10.6. The number of hydrogen-bond acceptors (Lipinski definition) is 5. The molecule has 0 bridgehead atoms. The van der Waals surface area contributed by atoms with Gasteiger partial charge in [-0.15, -0.1) is 0 Å². The minimum Gasteiger partial charge on any atom is -0.497 e. The van der Waals surface area contributed by atoms with E-state index in [0.717, 1.165) is 35.3 Å². The Morgan fingerprint density at radius 2 is 1.61 bits per heavy atom. The highest BCUT2D eigenvalue weighted by molar-refractivity contribution is 7.92. The zero-order chi connectivity index (χ0) is 19.6. The molecule has 1 N–H and O–H groups in total. The number of anilines is 2. The zero-order valence-corrected chi connectivity index (χ0v) is 16.4. The summed E-state index contributed by atoms with van der Waals surface area (Å²) in [4.78, 5) is 2.45. The van der Waals surface area contributed by atoms with Crippen LogP contribution >= 0.6 is 0 Å². The molecule has 0 amide bonds. The predicted molar refractivity (Wildman–Crippen MR) is 111 cm³/mol. The molecule has 146 valence electrons. The average Bonchev–Trinajstić information content (AvgIpc) is 2.74. The average molecular weight is 398 g/mol. The second kappa shape index (κ2) is 7.69. The Kier molecular flexibility index (Phi) is 5.11. The fourth-order valence-corrected chi connectivity index (χ4v) is 4.37. The molecule has 3 aromatic rings. The number of sulfonamides is 1. The smallest absolute Gasteiger partial charge is 0.261 e. The van der Waals surface area contributed by atoms with Crippen molar-refractivity contribution >= 4 is 32.2 Å². The van der Waals surface area contributed by atoms with Gasteiger partial charge in [-0.1, -0.05) is 12.1 Å². The van der Waals surface area contributed by atoms with Crippen LogP contribution in [0.25, 0.3) is 10.8 Å². The van der Waals surface area contributed by atoms with E-state index in [-0.39, 0.29) is 4.90 Å². The van der Waals surface area contributed by atoms with Gasteiger partial charge in [-0.05, 0) is 59.3 Å². The Bertz CT molecular complexity index is 1080. The summed E-state index contributed by atoms with van der Waals surface area (Å²) in [6, 6.07) is 18.0. The third-order valence-corrected chi connectivity index (χ3v) is 6.20. The van der Waals surface area contributed by atoms with Gasteiger partial charge in [0.1, 0.15) is 5.75 Å². The Hall–Kier alpha value is -2.77. The van der Waals surface area contributed by atoms with Crippen molar-refractivity contribution < 1.29 is 17.9 Å². The number of morpholine rings is 1. The van der Waals surface area contributed by atoms with E-state index in [1.54, 1.807) is 37.4 Å². The molecule has 0 unspecified atom stereocenters. The zero-order valence-electron chi connectivity index (χ0n) is 15.6. The largest absolute Gasteiger partial charge is 0.497 e. The maximum Gasteiger partial charge on any atom is 0.261 e. The van der Waals surface area contributed by atoms with Crippen LogP contribution in [-0.2, 0) is 14.8 Å². The maximum absolute atomic E-state index is 12.8. The van der Waals surface area contributed by atoms with Crippen LogP contribution in [-0.4, -0.2) is 41.8 Å². The summed E-state index contributed by atoms with van der Waals surface area (Å²) in [7, 11) is -2.07. The number of ether oxygens (including phenoxy) is 2. The van der Waals surface area contributed by atoms with Gasteiger partial charge in [0.25, 0.3) is 10.0 Å². The summed E-state index contributed by atoms with van der Waals surface area (Å²) in [5, 5.41) is 1.76. The van der Waals surface area contributed by atoms with Crippen molar-refractivity contribution in [3.8, 4) is 5.75 Å². The summed E-state index contributed by atoms with van der Waals surface area (Å²) in [5.74, 6) is 0.738. The molecule has 1 heterocycles. The second-order valence-corrected chi connectivity index (χ2v) is 8.31. The molecule has 3 aromatic carbocycles. The van der Waals surface area contributed by atoms with Gasteiger partial charge < -0.3 is 14.4 Å². The van der Waals surface area contributed by atoms with Gasteiger partial charge in [0.05, 0.1) is 25.2 Å². The topological polar surface area (TPSA) is 67.9 Å². The first kappa shape index (κ1) is 18.6. The summed E-state index contributed by atoms with van der Waals surface area (Å²) in [6.07, 6.45) is 0. The molecule has 28 heavy (non-hydrogen) atoms. The normalized spacial score (nSPS) is 14.8. The molecular formula is C21H22N2O4S. The summed E-state index contributed by atoms with van der Waals surface area (Å²) >= 11 is 0. The number of methoxy groups -OCH3 is 1. The fourth-order valence-electron chi connectivity index (χ4n) is 3.27. The lowest BCUT2D eigenvalue weighted by atomic mass is 10.1. The van der Waals surface area contributed by atoms with Gasteiger partial charge in [-0.3, -0.25) is 4.72 Å². The number of hydrogen-bond donors (Lipinski definition) is 1. The highest BCUT2D eigenvalue weighted by Gasteiger charge is 2.16. The fraction of sp³-hybridized carbons (Fsp3) is 0.238. The van der Waals surface area contributed by atoms with E-state index in [4.69, 9.17) is 9.47 Å². The SMILES string of the molecule is COc1ccc2cc(S(=O)(=O)Nc3ccc(N4CCOCC4)cc3)ccc2c1. The minimum atomic E-state index is -3.67. The third kappa shape index (κ3) is 3.90. The van der Waals surface area contributed by atoms with Gasteiger partial charge in [-0.25, -0.2) is 8.42 Å². The summed E-state index contributed by atoms with van der Waals surface area (Å²) in [6.45, 7) is 3.10. The van der Waals surface area contributed by atoms with E-state index in [9.17, 15) is 8.42 Å². The highest BCUT2D eigenvalue weighted by atomic mass is 32.2. The van der Waals surface area contributed by atoms with E-state index >= 15 is 0 Å². The molecule has 0 aromatic heterocycles. The number of nitrogens with zero attached hydrogens (tertiary/aromatic N) is 1. The number of benzene rings is 3. The van der Waals surface area contributed by atoms with Gasteiger partial charge in [-0.2, -0.15) is 0 Å². The van der Waals surface area contributed by atoms with E-state index < -0.39 is 10.0 Å². The Balaban J connectivity index is 1.54. The van der Waals surface area contributed by atoms with Crippen LogP contribution in [0.2, 0.25) is 0 Å². The van der Waals surface area contributed by atoms with Gasteiger partial charge in [0, 0.05) is 24.5 Å². The van der Waals surface area contributed by atoms with Crippen molar-refractivity contribution in [1.82, 2.24) is 0 Å². The monoisotopic (exact) mass is 398 g/mol. The Morgan fingerprint density at radius 3 is 2.32 bits per heavy atom. The van der Waals surface area contributed by atoms with Crippen molar-refractivity contribution in [1.29, 1.82) is 0 Å². The molecule has 0 spiro atoms. The number of nitrogens with one attached hydrogen (secondary N) is 1. The molecule has 0 saturated carbocycles. The van der Waals surface area contributed by atoms with E-state index in [1.165, 1.54) is 0 Å². The van der Waals surface area contributed by atoms with Crippen molar-refractivity contribution in [2.24, 2.45) is 0 Å². The lowest BCUT2D eigenvalue weighted by molar-refractivity contribution is 0.122. The quantitative estimate of drug-likeness (QED) is 0.713. The van der Waals surface area contributed by atoms with Crippen LogP contribution in [0.3, 0.4) is 0 Å². The number of rotatable bonds is 5. The van der Waals surface area contributed by atoms with Crippen molar-refractivity contribution in [3.63, 3.8) is 0 Å². The molecule has 1 aliphatic rings. The molecular weight excluding hydrogens is 376 g/mol.